The van der Waals surface area contributed by atoms with E-state index in [1.54, 1.807) is 11.8 Å². The monoisotopic (exact) mass is 422 g/mol. The van der Waals surface area contributed by atoms with Crippen molar-refractivity contribution in [2.24, 2.45) is 5.92 Å². The third-order valence-electron chi connectivity index (χ3n) is 5.67. The fourth-order valence-electron chi connectivity index (χ4n) is 3.84. The molecule has 164 valence electrons. The summed E-state index contributed by atoms with van der Waals surface area (Å²) in [4.78, 5) is 39.3. The topological polar surface area (TPSA) is 75.7 Å². The highest BCUT2D eigenvalue weighted by Gasteiger charge is 2.36. The van der Waals surface area contributed by atoms with Crippen LogP contribution >= 0.6 is 0 Å². The van der Waals surface area contributed by atoms with Gasteiger partial charge < -0.3 is 15.0 Å². The van der Waals surface area contributed by atoms with Crippen LogP contribution in [-0.2, 0) is 38.5 Å². The lowest BCUT2D eigenvalue weighted by Crippen LogP contribution is -2.33. The Hall–Kier alpha value is -3.15. The van der Waals surface area contributed by atoms with Gasteiger partial charge in [0, 0.05) is 25.2 Å². The van der Waals surface area contributed by atoms with Gasteiger partial charge in [0.25, 0.3) is 5.91 Å². The summed E-state index contributed by atoms with van der Waals surface area (Å²) in [5, 5.41) is 2.93. The maximum atomic E-state index is 12.7. The molecule has 3 rings (SSSR count). The number of anilines is 1. The molecule has 6 heteroatoms. The van der Waals surface area contributed by atoms with Crippen LogP contribution in [0.1, 0.15) is 43.9 Å². The average molecular weight is 423 g/mol. The molecule has 1 fully saturated rings. The highest BCUT2D eigenvalue weighted by molar-refractivity contribution is 5.97. The Morgan fingerprint density at radius 3 is 2.32 bits per heavy atom. The fraction of sp³-hybridized carbons (Fsp3) is 0.400. The number of hydrogen-bond acceptors (Lipinski definition) is 4. The Morgan fingerprint density at radius 1 is 1.06 bits per heavy atom. The van der Waals surface area contributed by atoms with Crippen molar-refractivity contribution >= 4 is 23.5 Å². The maximum absolute atomic E-state index is 12.7. The molecule has 2 atom stereocenters. The lowest BCUT2D eigenvalue weighted by Gasteiger charge is -2.19. The summed E-state index contributed by atoms with van der Waals surface area (Å²) in [7, 11) is 0. The van der Waals surface area contributed by atoms with Crippen LogP contribution in [0.5, 0.6) is 0 Å². The molecule has 0 spiro atoms. The van der Waals surface area contributed by atoms with E-state index in [0.29, 0.717) is 13.1 Å². The molecular formula is C25H30N2O4. The molecule has 2 aromatic carbocycles. The number of carbonyl (C=O) groups excluding carboxylic acids is 3. The third-order valence-corrected chi connectivity index (χ3v) is 5.67. The summed E-state index contributed by atoms with van der Waals surface area (Å²) in [5.74, 6) is -1.51. The molecule has 1 N–H and O–H groups in total. The highest BCUT2D eigenvalue weighted by Crippen LogP contribution is 2.24. The number of likely N-dealkylation sites (tertiary alicyclic amines) is 1. The van der Waals surface area contributed by atoms with E-state index in [9.17, 15) is 14.4 Å². The molecule has 1 saturated heterocycles. The number of carbonyl (C=O) groups is 3. The summed E-state index contributed by atoms with van der Waals surface area (Å²) in [6.45, 7) is 6.40. The SMILES string of the molecule is CCc1cccc(CC)c1NC(=O)[C@H](C)OC(=O)[C@H]1CC(=O)N(Cc2ccccc2)C1. The van der Waals surface area contributed by atoms with Crippen LogP contribution in [0.3, 0.4) is 0 Å². The first-order chi connectivity index (χ1) is 14.9. The third kappa shape index (κ3) is 5.51. The molecular weight excluding hydrogens is 392 g/mol. The number of nitrogens with zero attached hydrogens (tertiary/aromatic N) is 1. The molecule has 0 radical (unpaired) electrons. The molecule has 0 aliphatic carbocycles. The summed E-state index contributed by atoms with van der Waals surface area (Å²) in [5.41, 5.74) is 3.90. The number of rotatable bonds is 8. The van der Waals surface area contributed by atoms with Crippen LogP contribution in [-0.4, -0.2) is 35.3 Å². The van der Waals surface area contributed by atoms with Crippen molar-refractivity contribution in [2.45, 2.75) is 52.7 Å². The van der Waals surface area contributed by atoms with Crippen LogP contribution in [0.15, 0.2) is 48.5 Å². The molecule has 2 amide bonds. The normalized spacial score (nSPS) is 16.8. The Labute approximate surface area is 183 Å². The van der Waals surface area contributed by atoms with E-state index in [4.69, 9.17) is 4.74 Å². The number of para-hydroxylation sites is 1. The van der Waals surface area contributed by atoms with Crippen LogP contribution in [0.4, 0.5) is 5.69 Å². The second-order valence-corrected chi connectivity index (χ2v) is 7.89. The minimum atomic E-state index is -0.944. The minimum absolute atomic E-state index is 0.0765. The van der Waals surface area contributed by atoms with E-state index >= 15 is 0 Å². The van der Waals surface area contributed by atoms with Gasteiger partial charge >= 0.3 is 5.97 Å². The zero-order valence-corrected chi connectivity index (χ0v) is 18.4. The van der Waals surface area contributed by atoms with Gasteiger partial charge in [-0.1, -0.05) is 62.4 Å². The van der Waals surface area contributed by atoms with Crippen molar-refractivity contribution in [2.75, 3.05) is 11.9 Å². The molecule has 6 nitrogen and oxygen atoms in total. The number of benzene rings is 2. The van der Waals surface area contributed by atoms with Crippen LogP contribution in [0, 0.1) is 5.92 Å². The molecule has 0 unspecified atom stereocenters. The molecule has 0 saturated carbocycles. The van der Waals surface area contributed by atoms with Gasteiger partial charge in [0.05, 0.1) is 5.92 Å². The van der Waals surface area contributed by atoms with Gasteiger partial charge in [0.2, 0.25) is 5.91 Å². The van der Waals surface area contributed by atoms with Gasteiger partial charge in [-0.15, -0.1) is 0 Å². The smallest absolute Gasteiger partial charge is 0.312 e. The quantitative estimate of drug-likeness (QED) is 0.658. The first-order valence-corrected chi connectivity index (χ1v) is 10.9. The minimum Gasteiger partial charge on any atom is -0.452 e. The Morgan fingerprint density at radius 2 is 1.71 bits per heavy atom. The summed E-state index contributed by atoms with van der Waals surface area (Å²) in [6.07, 6.45) is 0.747. The van der Waals surface area contributed by atoms with Crippen molar-refractivity contribution in [3.63, 3.8) is 0 Å². The highest BCUT2D eigenvalue weighted by atomic mass is 16.5. The lowest BCUT2D eigenvalue weighted by atomic mass is 10.0. The average Bonchev–Trinajstić information content (AvgIpc) is 3.14. The summed E-state index contributed by atoms with van der Waals surface area (Å²) in [6, 6.07) is 15.6. The largest absolute Gasteiger partial charge is 0.452 e. The number of hydrogen-bond donors (Lipinski definition) is 1. The Kier molecular flexibility index (Phi) is 7.45. The van der Waals surface area contributed by atoms with E-state index < -0.39 is 18.0 Å². The van der Waals surface area contributed by atoms with E-state index in [1.165, 1.54) is 0 Å². The Balaban J connectivity index is 1.58. The fourth-order valence-corrected chi connectivity index (χ4v) is 3.84. The molecule has 0 bridgehead atoms. The molecule has 31 heavy (non-hydrogen) atoms. The van der Waals surface area contributed by atoms with Crippen molar-refractivity contribution in [3.8, 4) is 0 Å². The molecule has 2 aromatic rings. The van der Waals surface area contributed by atoms with Crippen molar-refractivity contribution in [1.82, 2.24) is 4.90 Å². The molecule has 0 aromatic heterocycles. The number of amides is 2. The van der Waals surface area contributed by atoms with E-state index in [1.807, 2.05) is 62.4 Å². The van der Waals surface area contributed by atoms with Crippen LogP contribution in [0.2, 0.25) is 0 Å². The van der Waals surface area contributed by atoms with Crippen molar-refractivity contribution < 1.29 is 19.1 Å². The number of aryl methyl sites for hydroxylation is 2. The van der Waals surface area contributed by atoms with Crippen LogP contribution < -0.4 is 5.32 Å². The van der Waals surface area contributed by atoms with Crippen LogP contribution in [0.25, 0.3) is 0 Å². The number of ether oxygens (including phenoxy) is 1. The summed E-state index contributed by atoms with van der Waals surface area (Å²) < 4.78 is 5.43. The van der Waals surface area contributed by atoms with Crippen molar-refractivity contribution in [3.05, 3.63) is 65.2 Å². The molecule has 1 heterocycles. The first-order valence-electron chi connectivity index (χ1n) is 10.9. The zero-order valence-electron chi connectivity index (χ0n) is 18.4. The van der Waals surface area contributed by atoms with Crippen molar-refractivity contribution in [1.29, 1.82) is 0 Å². The predicted molar refractivity (Wildman–Crippen MR) is 119 cm³/mol. The summed E-state index contributed by atoms with van der Waals surface area (Å²) >= 11 is 0. The van der Waals surface area contributed by atoms with Gasteiger partial charge in [0.15, 0.2) is 6.10 Å². The first kappa shape index (κ1) is 22.5. The standard InChI is InChI=1S/C25H30N2O4/c1-4-19-12-9-13-20(5-2)23(19)26-24(29)17(3)31-25(30)21-14-22(28)27(16-21)15-18-10-7-6-8-11-18/h6-13,17,21H,4-5,14-16H2,1-3H3,(H,26,29)/t17-,21-/m0/s1. The predicted octanol–water partition coefficient (Wildman–Crippen LogP) is 3.73. The van der Waals surface area contributed by atoms with E-state index in [0.717, 1.165) is 35.2 Å². The van der Waals surface area contributed by atoms with Gasteiger partial charge in [-0.3, -0.25) is 14.4 Å². The molecule has 1 aliphatic heterocycles. The number of esters is 1. The van der Waals surface area contributed by atoms with Gasteiger partial charge in [-0.25, -0.2) is 0 Å². The van der Waals surface area contributed by atoms with Gasteiger partial charge in [0.1, 0.15) is 0 Å². The van der Waals surface area contributed by atoms with E-state index in [-0.39, 0.29) is 18.2 Å². The second-order valence-electron chi connectivity index (χ2n) is 7.89. The Bertz CT molecular complexity index is 920. The number of nitrogens with one attached hydrogen (secondary N) is 1. The maximum Gasteiger partial charge on any atom is 0.312 e. The second kappa shape index (κ2) is 10.2. The van der Waals surface area contributed by atoms with E-state index in [2.05, 4.69) is 5.32 Å². The molecule has 1 aliphatic rings. The zero-order chi connectivity index (χ0) is 22.4. The lowest BCUT2D eigenvalue weighted by molar-refractivity contribution is -0.157. The van der Waals surface area contributed by atoms with Gasteiger partial charge in [-0.2, -0.15) is 0 Å². The van der Waals surface area contributed by atoms with Gasteiger partial charge in [-0.05, 0) is 36.5 Å².